The maximum Gasteiger partial charge on any atom is 0.227 e. The lowest BCUT2D eigenvalue weighted by atomic mass is 10.1. The van der Waals surface area contributed by atoms with Crippen LogP contribution in [-0.4, -0.2) is 25.0 Å². The van der Waals surface area contributed by atoms with E-state index in [1.165, 1.54) is 0 Å². The summed E-state index contributed by atoms with van der Waals surface area (Å²) in [6.45, 7) is 2.74. The lowest BCUT2D eigenvalue weighted by molar-refractivity contribution is -0.123. The molecule has 5 nitrogen and oxygen atoms in total. The second-order valence-corrected chi connectivity index (χ2v) is 4.21. The molecular weight excluding hydrogens is 232 g/mol. The molecule has 18 heavy (non-hydrogen) atoms. The highest BCUT2D eigenvalue weighted by molar-refractivity contribution is 6.01. The number of primary amides is 1. The van der Waals surface area contributed by atoms with Crippen molar-refractivity contribution in [2.75, 3.05) is 18.1 Å². The Hall–Kier alpha value is -2.04. The maximum absolute atomic E-state index is 11.9. The van der Waals surface area contributed by atoms with E-state index in [0.717, 1.165) is 0 Å². The minimum absolute atomic E-state index is 0.0917. The monoisotopic (exact) mass is 248 g/mol. The van der Waals surface area contributed by atoms with E-state index in [1.807, 2.05) is 31.2 Å². The van der Waals surface area contributed by atoms with Gasteiger partial charge in [-0.05, 0) is 19.1 Å². The minimum atomic E-state index is -0.431. The van der Waals surface area contributed by atoms with E-state index >= 15 is 0 Å². The van der Waals surface area contributed by atoms with Crippen LogP contribution in [0.4, 0.5) is 5.69 Å². The number of nitrogens with two attached hydrogens (primary N) is 1. The molecule has 1 aliphatic rings. The number of hydrogen-bond donors (Lipinski definition) is 1. The third kappa shape index (κ3) is 2.30. The molecule has 1 saturated heterocycles. The van der Waals surface area contributed by atoms with Gasteiger partial charge in [-0.15, -0.1) is 0 Å². The Morgan fingerprint density at radius 1 is 1.50 bits per heavy atom. The lowest BCUT2D eigenvalue weighted by Crippen LogP contribution is -2.28. The van der Waals surface area contributed by atoms with E-state index in [0.29, 0.717) is 24.6 Å². The predicted octanol–water partition coefficient (Wildman–Crippen LogP) is 0.923. The fourth-order valence-electron chi connectivity index (χ4n) is 2.09. The fourth-order valence-corrected chi connectivity index (χ4v) is 2.09. The Morgan fingerprint density at radius 2 is 2.22 bits per heavy atom. The first-order chi connectivity index (χ1) is 8.63. The second kappa shape index (κ2) is 5.08. The summed E-state index contributed by atoms with van der Waals surface area (Å²) in [6, 6.07) is 7.30. The van der Waals surface area contributed by atoms with Crippen LogP contribution >= 0.6 is 0 Å². The molecule has 1 aromatic rings. The highest BCUT2D eigenvalue weighted by Gasteiger charge is 2.35. The predicted molar refractivity (Wildman–Crippen MR) is 67.3 cm³/mol. The van der Waals surface area contributed by atoms with E-state index in [-0.39, 0.29) is 12.3 Å². The number of hydrogen-bond acceptors (Lipinski definition) is 3. The third-order valence-corrected chi connectivity index (χ3v) is 2.98. The van der Waals surface area contributed by atoms with Gasteiger partial charge < -0.3 is 15.4 Å². The van der Waals surface area contributed by atoms with Gasteiger partial charge >= 0.3 is 0 Å². The van der Waals surface area contributed by atoms with Crippen LogP contribution in [0.3, 0.4) is 0 Å². The maximum atomic E-state index is 11.9. The van der Waals surface area contributed by atoms with Gasteiger partial charge in [-0.25, -0.2) is 0 Å². The molecule has 0 bridgehead atoms. The van der Waals surface area contributed by atoms with E-state index in [4.69, 9.17) is 10.5 Å². The van der Waals surface area contributed by atoms with Crippen LogP contribution in [0.25, 0.3) is 0 Å². The number of rotatable bonds is 4. The van der Waals surface area contributed by atoms with E-state index in [9.17, 15) is 9.59 Å². The number of amides is 2. The Kier molecular flexibility index (Phi) is 3.50. The number of benzene rings is 1. The number of anilines is 1. The summed E-state index contributed by atoms with van der Waals surface area (Å²) in [5.41, 5.74) is 5.95. The van der Waals surface area contributed by atoms with Gasteiger partial charge in [0.05, 0.1) is 18.2 Å². The second-order valence-electron chi connectivity index (χ2n) is 4.21. The van der Waals surface area contributed by atoms with Crippen molar-refractivity contribution < 1.29 is 14.3 Å². The van der Waals surface area contributed by atoms with Crippen molar-refractivity contribution in [2.24, 2.45) is 11.7 Å². The summed E-state index contributed by atoms with van der Waals surface area (Å²) < 4.78 is 5.48. The average molecular weight is 248 g/mol. The highest BCUT2D eigenvalue weighted by Crippen LogP contribution is 2.32. The quantitative estimate of drug-likeness (QED) is 0.861. The first kappa shape index (κ1) is 12.4. The summed E-state index contributed by atoms with van der Waals surface area (Å²) in [5.74, 6) is -0.281. The van der Waals surface area contributed by atoms with Gasteiger partial charge in [0.2, 0.25) is 11.8 Å². The van der Waals surface area contributed by atoms with E-state index < -0.39 is 11.8 Å². The van der Waals surface area contributed by atoms with Gasteiger partial charge in [0.25, 0.3) is 0 Å². The zero-order valence-corrected chi connectivity index (χ0v) is 10.3. The molecular formula is C13H16N2O3. The third-order valence-electron chi connectivity index (χ3n) is 2.98. The zero-order valence-electron chi connectivity index (χ0n) is 10.3. The van der Waals surface area contributed by atoms with Crippen LogP contribution in [0.5, 0.6) is 5.75 Å². The van der Waals surface area contributed by atoms with Crippen molar-refractivity contribution in [1.29, 1.82) is 0 Å². The van der Waals surface area contributed by atoms with Crippen LogP contribution in [0.2, 0.25) is 0 Å². The minimum Gasteiger partial charge on any atom is -0.492 e. The summed E-state index contributed by atoms with van der Waals surface area (Å²) in [5, 5.41) is 0. The molecule has 1 aliphatic heterocycles. The van der Waals surface area contributed by atoms with Crippen molar-refractivity contribution >= 4 is 17.5 Å². The van der Waals surface area contributed by atoms with Crippen LogP contribution in [0.15, 0.2) is 24.3 Å². The standard InChI is InChI=1S/C13H16N2O3/c1-2-18-11-6-4-3-5-10(11)15-8-9(13(14)17)7-12(15)16/h3-6,9H,2,7-8H2,1H3,(H2,14,17). The normalized spacial score (nSPS) is 19.1. The Labute approximate surface area is 106 Å². The van der Waals surface area contributed by atoms with Gasteiger partial charge in [0, 0.05) is 13.0 Å². The fraction of sp³-hybridized carbons (Fsp3) is 0.385. The van der Waals surface area contributed by atoms with Crippen molar-refractivity contribution in [3.63, 3.8) is 0 Å². The van der Waals surface area contributed by atoms with Crippen LogP contribution in [-0.2, 0) is 9.59 Å². The number of nitrogens with zero attached hydrogens (tertiary/aromatic N) is 1. The largest absolute Gasteiger partial charge is 0.492 e. The van der Waals surface area contributed by atoms with Gasteiger partial charge in [-0.2, -0.15) is 0 Å². The smallest absolute Gasteiger partial charge is 0.227 e. The van der Waals surface area contributed by atoms with Crippen molar-refractivity contribution in [2.45, 2.75) is 13.3 Å². The summed E-state index contributed by atoms with van der Waals surface area (Å²) in [4.78, 5) is 24.6. The Bertz CT molecular complexity index is 473. The van der Waals surface area contributed by atoms with Crippen molar-refractivity contribution in [3.8, 4) is 5.75 Å². The number of para-hydroxylation sites is 2. The topological polar surface area (TPSA) is 72.6 Å². The molecule has 5 heteroatoms. The molecule has 2 N–H and O–H groups in total. The molecule has 1 atom stereocenters. The Balaban J connectivity index is 2.26. The molecule has 1 aromatic carbocycles. The summed E-state index contributed by atoms with van der Waals surface area (Å²) in [7, 11) is 0. The number of carbonyl (C=O) groups is 2. The number of ether oxygens (including phenoxy) is 1. The molecule has 0 spiro atoms. The van der Waals surface area contributed by atoms with E-state index in [1.54, 1.807) is 4.90 Å². The summed E-state index contributed by atoms with van der Waals surface area (Å²) >= 11 is 0. The van der Waals surface area contributed by atoms with E-state index in [2.05, 4.69) is 0 Å². The van der Waals surface area contributed by atoms with Crippen LogP contribution < -0.4 is 15.4 Å². The lowest BCUT2D eigenvalue weighted by Gasteiger charge is -2.19. The van der Waals surface area contributed by atoms with Gasteiger partial charge in [-0.1, -0.05) is 12.1 Å². The van der Waals surface area contributed by atoms with Gasteiger partial charge in [-0.3, -0.25) is 9.59 Å². The zero-order chi connectivity index (χ0) is 13.1. The van der Waals surface area contributed by atoms with Gasteiger partial charge in [0.1, 0.15) is 5.75 Å². The first-order valence-corrected chi connectivity index (χ1v) is 5.95. The molecule has 0 saturated carbocycles. The highest BCUT2D eigenvalue weighted by atomic mass is 16.5. The van der Waals surface area contributed by atoms with Crippen LogP contribution in [0.1, 0.15) is 13.3 Å². The summed E-state index contributed by atoms with van der Waals surface area (Å²) in [6.07, 6.45) is 0.176. The SMILES string of the molecule is CCOc1ccccc1N1CC(C(N)=O)CC1=O. The molecule has 0 aliphatic carbocycles. The molecule has 2 amide bonds. The van der Waals surface area contributed by atoms with Gasteiger partial charge in [0.15, 0.2) is 0 Å². The molecule has 2 rings (SSSR count). The average Bonchev–Trinajstić information content (AvgIpc) is 2.73. The van der Waals surface area contributed by atoms with Crippen molar-refractivity contribution in [3.05, 3.63) is 24.3 Å². The molecule has 1 unspecified atom stereocenters. The molecule has 1 heterocycles. The Morgan fingerprint density at radius 3 is 2.83 bits per heavy atom. The molecule has 96 valence electrons. The first-order valence-electron chi connectivity index (χ1n) is 5.95. The molecule has 0 radical (unpaired) electrons. The van der Waals surface area contributed by atoms with Crippen molar-refractivity contribution in [1.82, 2.24) is 0 Å². The molecule has 1 fully saturated rings. The van der Waals surface area contributed by atoms with Crippen LogP contribution in [0, 0.1) is 5.92 Å². The number of carbonyl (C=O) groups excluding carboxylic acids is 2. The molecule has 0 aromatic heterocycles.